The van der Waals surface area contributed by atoms with Crippen molar-refractivity contribution < 1.29 is 0 Å². The lowest BCUT2D eigenvalue weighted by Crippen LogP contribution is -2.45. The van der Waals surface area contributed by atoms with Crippen molar-refractivity contribution in [2.75, 3.05) is 47.3 Å². The fourth-order valence-corrected chi connectivity index (χ4v) is 3.19. The summed E-state index contributed by atoms with van der Waals surface area (Å²) in [5.74, 6) is 0.917. The summed E-state index contributed by atoms with van der Waals surface area (Å²) < 4.78 is 0. The molecule has 1 atom stereocenters. The molecule has 0 radical (unpaired) electrons. The highest BCUT2D eigenvalue weighted by molar-refractivity contribution is 5.79. The van der Waals surface area contributed by atoms with Crippen molar-refractivity contribution >= 4 is 5.96 Å². The Morgan fingerprint density at radius 3 is 2.75 bits per heavy atom. The van der Waals surface area contributed by atoms with E-state index in [1.807, 2.05) is 7.05 Å². The standard InChI is InChI=1S/C19H33N5/c1-20-19(21-12-8-13-23(2)3)22-15-18-11-7-14-24(18)16-17-9-5-4-6-10-17/h4-6,9-10,18H,7-8,11-16H2,1-3H3,(H2,20,21,22). The van der Waals surface area contributed by atoms with E-state index < -0.39 is 0 Å². The predicted molar refractivity (Wildman–Crippen MR) is 102 cm³/mol. The molecule has 1 heterocycles. The first kappa shape index (κ1) is 18.7. The molecule has 0 bridgehead atoms. The van der Waals surface area contributed by atoms with Crippen molar-refractivity contribution in [3.05, 3.63) is 35.9 Å². The Balaban J connectivity index is 1.73. The summed E-state index contributed by atoms with van der Waals surface area (Å²) in [5.41, 5.74) is 1.40. The molecule has 1 unspecified atom stereocenters. The quantitative estimate of drug-likeness (QED) is 0.433. The second-order valence-corrected chi connectivity index (χ2v) is 6.79. The van der Waals surface area contributed by atoms with Gasteiger partial charge in [0.1, 0.15) is 0 Å². The van der Waals surface area contributed by atoms with Gasteiger partial charge in [-0.2, -0.15) is 0 Å². The Labute approximate surface area is 147 Å². The molecule has 1 aromatic carbocycles. The maximum absolute atomic E-state index is 4.34. The second-order valence-electron chi connectivity index (χ2n) is 6.79. The Morgan fingerprint density at radius 2 is 2.04 bits per heavy atom. The number of aliphatic imine (C=N–C) groups is 1. The van der Waals surface area contributed by atoms with Crippen LogP contribution >= 0.6 is 0 Å². The molecule has 0 aromatic heterocycles. The van der Waals surface area contributed by atoms with Crippen molar-refractivity contribution in [3.8, 4) is 0 Å². The van der Waals surface area contributed by atoms with Crippen LogP contribution in [-0.4, -0.2) is 69.1 Å². The van der Waals surface area contributed by atoms with Crippen LogP contribution in [0.4, 0.5) is 0 Å². The van der Waals surface area contributed by atoms with Crippen LogP contribution in [0, 0.1) is 0 Å². The molecule has 5 nitrogen and oxygen atoms in total. The number of hydrogen-bond acceptors (Lipinski definition) is 3. The minimum atomic E-state index is 0.588. The van der Waals surface area contributed by atoms with Crippen LogP contribution < -0.4 is 10.6 Å². The van der Waals surface area contributed by atoms with Crippen molar-refractivity contribution in [1.29, 1.82) is 0 Å². The maximum atomic E-state index is 4.34. The Morgan fingerprint density at radius 1 is 1.25 bits per heavy atom. The van der Waals surface area contributed by atoms with Crippen molar-refractivity contribution in [3.63, 3.8) is 0 Å². The van der Waals surface area contributed by atoms with Crippen LogP contribution in [0.1, 0.15) is 24.8 Å². The smallest absolute Gasteiger partial charge is 0.191 e. The Kier molecular flexibility index (Phi) is 8.05. The molecule has 1 aliphatic rings. The number of benzene rings is 1. The molecule has 2 rings (SSSR count). The molecule has 1 aromatic rings. The van der Waals surface area contributed by atoms with Crippen molar-refractivity contribution in [2.24, 2.45) is 4.99 Å². The number of rotatable bonds is 8. The van der Waals surface area contributed by atoms with Crippen molar-refractivity contribution in [1.82, 2.24) is 20.4 Å². The molecule has 1 aliphatic heterocycles. The first-order valence-corrected chi connectivity index (χ1v) is 9.06. The van der Waals surface area contributed by atoms with Gasteiger partial charge in [-0.15, -0.1) is 0 Å². The highest BCUT2D eigenvalue weighted by Crippen LogP contribution is 2.19. The number of nitrogens with zero attached hydrogens (tertiary/aromatic N) is 3. The normalized spacial score (nSPS) is 19.0. The Bertz CT molecular complexity index is 486. The summed E-state index contributed by atoms with van der Waals surface area (Å²) in [6.07, 6.45) is 3.67. The first-order chi connectivity index (χ1) is 11.7. The number of likely N-dealkylation sites (tertiary alicyclic amines) is 1. The zero-order chi connectivity index (χ0) is 17.2. The van der Waals surface area contributed by atoms with E-state index in [1.54, 1.807) is 0 Å². The van der Waals surface area contributed by atoms with E-state index in [0.717, 1.165) is 38.6 Å². The van der Waals surface area contributed by atoms with E-state index in [-0.39, 0.29) is 0 Å². The highest BCUT2D eigenvalue weighted by Gasteiger charge is 2.24. The number of hydrogen-bond donors (Lipinski definition) is 2. The molecule has 2 N–H and O–H groups in total. The van der Waals surface area contributed by atoms with Crippen LogP contribution in [0.5, 0.6) is 0 Å². The van der Waals surface area contributed by atoms with Gasteiger partial charge in [0.25, 0.3) is 0 Å². The molecule has 0 spiro atoms. The van der Waals surface area contributed by atoms with E-state index in [1.165, 1.54) is 24.9 Å². The third kappa shape index (κ3) is 6.49. The molecule has 0 aliphatic carbocycles. The van der Waals surface area contributed by atoms with Gasteiger partial charge in [0.05, 0.1) is 0 Å². The molecule has 1 fully saturated rings. The van der Waals surface area contributed by atoms with Gasteiger partial charge in [0.2, 0.25) is 0 Å². The van der Waals surface area contributed by atoms with Gasteiger partial charge in [-0.3, -0.25) is 9.89 Å². The Hall–Kier alpha value is -1.59. The average molecular weight is 332 g/mol. The summed E-state index contributed by atoms with van der Waals surface area (Å²) in [7, 11) is 6.06. The molecule has 5 heteroatoms. The fourth-order valence-electron chi connectivity index (χ4n) is 3.19. The van der Waals surface area contributed by atoms with E-state index in [9.17, 15) is 0 Å². The zero-order valence-corrected chi connectivity index (χ0v) is 15.5. The van der Waals surface area contributed by atoms with Crippen molar-refractivity contribution in [2.45, 2.75) is 31.8 Å². The molecule has 0 amide bonds. The fraction of sp³-hybridized carbons (Fsp3) is 0.632. The molecular weight excluding hydrogens is 298 g/mol. The molecule has 1 saturated heterocycles. The molecule has 134 valence electrons. The summed E-state index contributed by atoms with van der Waals surface area (Å²) >= 11 is 0. The van der Waals surface area contributed by atoms with Gasteiger partial charge in [-0.1, -0.05) is 30.3 Å². The first-order valence-electron chi connectivity index (χ1n) is 9.06. The zero-order valence-electron chi connectivity index (χ0n) is 15.5. The third-order valence-electron chi connectivity index (χ3n) is 4.53. The largest absolute Gasteiger partial charge is 0.356 e. The molecule has 24 heavy (non-hydrogen) atoms. The highest BCUT2D eigenvalue weighted by atomic mass is 15.2. The third-order valence-corrected chi connectivity index (χ3v) is 4.53. The molecular formula is C19H33N5. The van der Waals surface area contributed by atoms with Gasteiger partial charge in [-0.25, -0.2) is 0 Å². The maximum Gasteiger partial charge on any atom is 0.191 e. The monoisotopic (exact) mass is 331 g/mol. The van der Waals surface area contributed by atoms with E-state index in [4.69, 9.17) is 0 Å². The summed E-state index contributed by atoms with van der Waals surface area (Å²) in [4.78, 5) is 9.13. The van der Waals surface area contributed by atoms with Crippen LogP contribution in [0.25, 0.3) is 0 Å². The summed E-state index contributed by atoms with van der Waals surface area (Å²) in [6.45, 7) is 5.24. The summed E-state index contributed by atoms with van der Waals surface area (Å²) in [6, 6.07) is 11.3. The van der Waals surface area contributed by atoms with Crippen LogP contribution in [-0.2, 0) is 6.54 Å². The van der Waals surface area contributed by atoms with E-state index >= 15 is 0 Å². The lowest BCUT2D eigenvalue weighted by molar-refractivity contribution is 0.245. The predicted octanol–water partition coefficient (Wildman–Crippen LogP) is 1.77. The van der Waals surface area contributed by atoms with Gasteiger partial charge >= 0.3 is 0 Å². The van der Waals surface area contributed by atoms with Gasteiger partial charge in [0.15, 0.2) is 5.96 Å². The lowest BCUT2D eigenvalue weighted by Gasteiger charge is -2.25. The number of nitrogens with one attached hydrogen (secondary N) is 2. The van der Waals surface area contributed by atoms with Crippen LogP contribution in [0.15, 0.2) is 35.3 Å². The van der Waals surface area contributed by atoms with Crippen LogP contribution in [0.2, 0.25) is 0 Å². The second kappa shape index (κ2) is 10.3. The SMILES string of the molecule is CN=C(NCCCN(C)C)NCC1CCCN1Cc1ccccc1. The average Bonchev–Trinajstić information content (AvgIpc) is 3.02. The van der Waals surface area contributed by atoms with Gasteiger partial charge in [0, 0.05) is 32.7 Å². The lowest BCUT2D eigenvalue weighted by atomic mass is 10.2. The minimum absolute atomic E-state index is 0.588. The topological polar surface area (TPSA) is 42.9 Å². The number of guanidine groups is 1. The van der Waals surface area contributed by atoms with E-state index in [2.05, 4.69) is 69.9 Å². The molecule has 0 saturated carbocycles. The van der Waals surface area contributed by atoms with Gasteiger partial charge < -0.3 is 15.5 Å². The van der Waals surface area contributed by atoms with E-state index in [0.29, 0.717) is 6.04 Å². The van der Waals surface area contributed by atoms with Gasteiger partial charge in [-0.05, 0) is 52.0 Å². The minimum Gasteiger partial charge on any atom is -0.356 e. The summed E-state index contributed by atoms with van der Waals surface area (Å²) in [5, 5.41) is 6.91. The van der Waals surface area contributed by atoms with Crippen LogP contribution in [0.3, 0.4) is 0 Å².